The highest BCUT2D eigenvalue weighted by molar-refractivity contribution is 5.98. The van der Waals surface area contributed by atoms with Gasteiger partial charge < -0.3 is 9.15 Å². The molecule has 2 aromatic carbocycles. The maximum atomic E-state index is 12.2. The molecule has 2 amide bonds. The van der Waals surface area contributed by atoms with Gasteiger partial charge in [0.15, 0.2) is 0 Å². The predicted molar refractivity (Wildman–Crippen MR) is 97.9 cm³/mol. The van der Waals surface area contributed by atoms with E-state index >= 15 is 0 Å². The number of hydrogen-bond donors (Lipinski definition) is 2. The van der Waals surface area contributed by atoms with E-state index in [-0.39, 0.29) is 12.3 Å². The number of rotatable bonds is 5. The van der Waals surface area contributed by atoms with Gasteiger partial charge in [0.1, 0.15) is 11.3 Å². The molecule has 0 saturated carbocycles. The summed E-state index contributed by atoms with van der Waals surface area (Å²) in [5, 5.41) is 0.913. The first kappa shape index (κ1) is 17.5. The maximum Gasteiger partial charge on any atom is 0.273 e. The average molecular weight is 352 g/mol. The molecular formula is C20H20N2O4. The molecule has 0 radical (unpaired) electrons. The van der Waals surface area contributed by atoms with Gasteiger partial charge in [0, 0.05) is 10.9 Å². The van der Waals surface area contributed by atoms with Crippen LogP contribution in [0.2, 0.25) is 0 Å². The van der Waals surface area contributed by atoms with Crippen molar-refractivity contribution >= 4 is 22.8 Å². The van der Waals surface area contributed by atoms with Crippen LogP contribution in [0, 0.1) is 0 Å². The molecule has 0 atom stereocenters. The molecule has 134 valence electrons. The van der Waals surface area contributed by atoms with Crippen molar-refractivity contribution in [1.82, 2.24) is 10.9 Å². The van der Waals surface area contributed by atoms with Crippen molar-refractivity contribution in [2.75, 3.05) is 7.11 Å². The molecule has 0 fully saturated rings. The Morgan fingerprint density at radius 1 is 1.12 bits per heavy atom. The molecule has 6 heteroatoms. The lowest BCUT2D eigenvalue weighted by molar-refractivity contribution is -0.121. The summed E-state index contributed by atoms with van der Waals surface area (Å²) < 4.78 is 10.6. The number of carbonyl (C=O) groups is 2. The molecule has 0 bridgehead atoms. The second kappa shape index (κ2) is 7.74. The fourth-order valence-electron chi connectivity index (χ4n) is 2.73. The first-order valence-corrected chi connectivity index (χ1v) is 8.33. The highest BCUT2D eigenvalue weighted by atomic mass is 16.5. The molecule has 6 nitrogen and oxygen atoms in total. The van der Waals surface area contributed by atoms with E-state index < -0.39 is 5.91 Å². The van der Waals surface area contributed by atoms with Gasteiger partial charge in [-0.25, -0.2) is 0 Å². The fourth-order valence-corrected chi connectivity index (χ4v) is 2.73. The summed E-state index contributed by atoms with van der Waals surface area (Å²) in [4.78, 5) is 24.4. The molecule has 1 heterocycles. The van der Waals surface area contributed by atoms with Gasteiger partial charge in [-0.15, -0.1) is 0 Å². The van der Waals surface area contributed by atoms with Gasteiger partial charge >= 0.3 is 0 Å². The lowest BCUT2D eigenvalue weighted by Crippen LogP contribution is -2.42. The van der Waals surface area contributed by atoms with Gasteiger partial charge in [0.25, 0.3) is 5.91 Å². The van der Waals surface area contributed by atoms with E-state index in [1.807, 2.05) is 18.2 Å². The third-order valence-corrected chi connectivity index (χ3v) is 4.14. The number of nitrogens with one attached hydrogen (secondary N) is 2. The summed E-state index contributed by atoms with van der Waals surface area (Å²) in [6.45, 7) is 2.07. The summed E-state index contributed by atoms with van der Waals surface area (Å²) >= 11 is 0. The standard InChI is InChI=1S/C20H20N2O4/c1-3-13-8-9-18-16(10-13)14(12-26-18)11-19(23)21-22-20(24)15-6-4-5-7-17(15)25-2/h4-10,12H,3,11H2,1-2H3,(H,21,23)(H,22,24). The van der Waals surface area contributed by atoms with Crippen LogP contribution >= 0.6 is 0 Å². The van der Waals surface area contributed by atoms with Gasteiger partial charge in [-0.3, -0.25) is 20.4 Å². The van der Waals surface area contributed by atoms with E-state index in [1.165, 1.54) is 12.7 Å². The van der Waals surface area contributed by atoms with Crippen LogP contribution in [0.15, 0.2) is 53.1 Å². The molecular weight excluding hydrogens is 332 g/mol. The van der Waals surface area contributed by atoms with Gasteiger partial charge in [0.2, 0.25) is 5.91 Å². The number of methoxy groups -OCH3 is 1. The largest absolute Gasteiger partial charge is 0.496 e. The quantitative estimate of drug-likeness (QED) is 0.692. The Balaban J connectivity index is 1.65. The highest BCUT2D eigenvalue weighted by Crippen LogP contribution is 2.23. The molecule has 3 rings (SSSR count). The van der Waals surface area contributed by atoms with Crippen LogP contribution < -0.4 is 15.6 Å². The summed E-state index contributed by atoms with van der Waals surface area (Å²) in [6, 6.07) is 12.7. The minimum absolute atomic E-state index is 0.104. The van der Waals surface area contributed by atoms with Gasteiger partial charge in [-0.1, -0.05) is 25.1 Å². The first-order chi connectivity index (χ1) is 12.6. The van der Waals surface area contributed by atoms with Gasteiger partial charge in [-0.2, -0.15) is 0 Å². The van der Waals surface area contributed by atoms with Crippen molar-refractivity contribution < 1.29 is 18.7 Å². The molecule has 0 saturated heterocycles. The van der Waals surface area contributed by atoms with E-state index in [1.54, 1.807) is 30.5 Å². The summed E-state index contributed by atoms with van der Waals surface area (Å²) in [5.74, 6) is -0.342. The molecule has 26 heavy (non-hydrogen) atoms. The predicted octanol–water partition coefficient (Wildman–Crippen LogP) is 3.01. The molecule has 0 unspecified atom stereocenters. The molecule has 3 aromatic rings. The number of para-hydroxylation sites is 1. The lowest BCUT2D eigenvalue weighted by Gasteiger charge is -2.10. The summed E-state index contributed by atoms with van der Waals surface area (Å²) in [5.41, 5.74) is 7.87. The Bertz CT molecular complexity index is 946. The number of furan rings is 1. The van der Waals surface area contributed by atoms with Crippen LogP contribution in [0.25, 0.3) is 11.0 Å². The molecule has 0 spiro atoms. The number of aryl methyl sites for hydroxylation is 1. The molecule has 1 aromatic heterocycles. The smallest absolute Gasteiger partial charge is 0.273 e. The Morgan fingerprint density at radius 2 is 1.92 bits per heavy atom. The normalized spacial score (nSPS) is 10.5. The lowest BCUT2D eigenvalue weighted by atomic mass is 10.1. The third kappa shape index (κ3) is 3.69. The second-order valence-electron chi connectivity index (χ2n) is 5.82. The summed E-state index contributed by atoms with van der Waals surface area (Å²) in [6.07, 6.45) is 2.58. The molecule has 0 aliphatic rings. The van der Waals surface area contributed by atoms with Crippen molar-refractivity contribution in [3.05, 3.63) is 65.4 Å². The van der Waals surface area contributed by atoms with Crippen LogP contribution in [0.4, 0.5) is 0 Å². The van der Waals surface area contributed by atoms with Crippen molar-refractivity contribution in [3.63, 3.8) is 0 Å². The van der Waals surface area contributed by atoms with Crippen molar-refractivity contribution in [3.8, 4) is 5.75 Å². The number of hydrazine groups is 1. The van der Waals surface area contributed by atoms with E-state index in [0.29, 0.717) is 11.3 Å². The number of amides is 2. The molecule has 2 N–H and O–H groups in total. The third-order valence-electron chi connectivity index (χ3n) is 4.14. The highest BCUT2D eigenvalue weighted by Gasteiger charge is 2.14. The van der Waals surface area contributed by atoms with Crippen molar-refractivity contribution in [2.45, 2.75) is 19.8 Å². The van der Waals surface area contributed by atoms with Crippen LogP contribution in [0.1, 0.15) is 28.4 Å². The maximum absolute atomic E-state index is 12.2. The SMILES string of the molecule is CCc1ccc2occ(CC(=O)NNC(=O)c3ccccc3OC)c2c1. The number of carbonyl (C=O) groups excluding carboxylic acids is 2. The van der Waals surface area contributed by atoms with E-state index in [9.17, 15) is 9.59 Å². The van der Waals surface area contributed by atoms with E-state index in [4.69, 9.17) is 9.15 Å². The van der Waals surface area contributed by atoms with Crippen LogP contribution in [-0.4, -0.2) is 18.9 Å². The Morgan fingerprint density at radius 3 is 2.69 bits per heavy atom. The number of hydrogen-bond acceptors (Lipinski definition) is 4. The minimum Gasteiger partial charge on any atom is -0.496 e. The van der Waals surface area contributed by atoms with Crippen molar-refractivity contribution in [2.24, 2.45) is 0 Å². The Labute approximate surface area is 151 Å². The molecule has 0 aliphatic heterocycles. The second-order valence-corrected chi connectivity index (χ2v) is 5.82. The zero-order chi connectivity index (χ0) is 18.5. The monoisotopic (exact) mass is 352 g/mol. The summed E-state index contributed by atoms with van der Waals surface area (Å²) in [7, 11) is 1.49. The van der Waals surface area contributed by atoms with Crippen LogP contribution in [-0.2, 0) is 17.6 Å². The van der Waals surface area contributed by atoms with Crippen LogP contribution in [0.5, 0.6) is 5.75 Å². The number of fused-ring (bicyclic) bond motifs is 1. The number of ether oxygens (including phenoxy) is 1. The van der Waals surface area contributed by atoms with Crippen molar-refractivity contribution in [1.29, 1.82) is 0 Å². The Kier molecular flexibility index (Phi) is 5.22. The topological polar surface area (TPSA) is 80.6 Å². The average Bonchev–Trinajstić information content (AvgIpc) is 3.07. The fraction of sp³-hybridized carbons (Fsp3) is 0.200. The minimum atomic E-state index is -0.443. The Hall–Kier alpha value is -3.28. The van der Waals surface area contributed by atoms with Gasteiger partial charge in [0.05, 0.1) is 25.4 Å². The zero-order valence-electron chi connectivity index (χ0n) is 14.7. The number of benzene rings is 2. The molecule has 0 aliphatic carbocycles. The van der Waals surface area contributed by atoms with Gasteiger partial charge in [-0.05, 0) is 36.2 Å². The van der Waals surface area contributed by atoms with E-state index in [0.717, 1.165) is 23.0 Å². The van der Waals surface area contributed by atoms with E-state index in [2.05, 4.69) is 17.8 Å². The van der Waals surface area contributed by atoms with Crippen LogP contribution in [0.3, 0.4) is 0 Å². The first-order valence-electron chi connectivity index (χ1n) is 8.33. The zero-order valence-corrected chi connectivity index (χ0v) is 14.7.